The van der Waals surface area contributed by atoms with Crippen LogP contribution >= 0.6 is 19.9 Å². The summed E-state index contributed by atoms with van der Waals surface area (Å²) in [5, 5.41) is 9.17. The van der Waals surface area contributed by atoms with Gasteiger partial charge in [0.1, 0.15) is 5.75 Å². The van der Waals surface area contributed by atoms with Crippen molar-refractivity contribution in [1.82, 2.24) is 0 Å². The van der Waals surface area contributed by atoms with Crippen LogP contribution in [0.1, 0.15) is 5.56 Å². The zero-order valence-electron chi connectivity index (χ0n) is 7.47. The third-order valence-electron chi connectivity index (χ3n) is 1.68. The van der Waals surface area contributed by atoms with E-state index in [1.807, 2.05) is 25.5 Å². The van der Waals surface area contributed by atoms with Crippen LogP contribution in [0.3, 0.4) is 0 Å². The summed E-state index contributed by atoms with van der Waals surface area (Å²) in [5.41, 5.74) is 1.06. The lowest BCUT2D eigenvalue weighted by Gasteiger charge is -2.24. The summed E-state index contributed by atoms with van der Waals surface area (Å²) in [5.74, 6) is 0.302. The van der Waals surface area contributed by atoms with Crippen molar-refractivity contribution in [2.45, 2.75) is 11.8 Å². The molecule has 0 saturated carbocycles. The quantitative estimate of drug-likeness (QED) is 0.745. The molecule has 0 aliphatic heterocycles. The second-order valence-electron chi connectivity index (χ2n) is 3.15. The van der Waals surface area contributed by atoms with Crippen LogP contribution in [0, 0.1) is 6.92 Å². The van der Waals surface area contributed by atoms with Crippen molar-refractivity contribution in [3.63, 3.8) is 0 Å². The van der Waals surface area contributed by atoms with Gasteiger partial charge in [0.25, 0.3) is 0 Å². The second-order valence-corrected chi connectivity index (χ2v) is 8.31. The highest BCUT2D eigenvalue weighted by Gasteiger charge is 2.13. The molecule has 0 spiro atoms. The Bertz CT molecular complexity index is 291. The third kappa shape index (κ3) is 2.08. The van der Waals surface area contributed by atoms with Gasteiger partial charge >= 0.3 is 0 Å². The molecule has 1 aromatic rings. The van der Waals surface area contributed by atoms with Gasteiger partial charge in [0.15, 0.2) is 0 Å². The second kappa shape index (κ2) is 3.19. The highest BCUT2D eigenvalue weighted by molar-refractivity contribution is 8.50. The van der Waals surface area contributed by atoms with Gasteiger partial charge in [-0.2, -0.15) is 0 Å². The molecule has 0 heterocycles. The van der Waals surface area contributed by atoms with Crippen LogP contribution < -0.4 is 0 Å². The Morgan fingerprint density at radius 3 is 2.33 bits per heavy atom. The molecule has 1 rings (SSSR count). The van der Waals surface area contributed by atoms with Crippen molar-refractivity contribution in [3.05, 3.63) is 23.8 Å². The molecule has 0 aliphatic carbocycles. The summed E-state index contributed by atoms with van der Waals surface area (Å²) in [4.78, 5) is 1.14. The minimum atomic E-state index is -1.19. The van der Waals surface area contributed by atoms with Gasteiger partial charge in [0, 0.05) is 4.90 Å². The van der Waals surface area contributed by atoms with Crippen molar-refractivity contribution in [2.75, 3.05) is 12.5 Å². The molecule has 0 aromatic heterocycles. The van der Waals surface area contributed by atoms with Crippen LogP contribution in [0.15, 0.2) is 23.1 Å². The van der Waals surface area contributed by atoms with Crippen molar-refractivity contribution in [2.24, 2.45) is 0 Å². The Morgan fingerprint density at radius 1 is 1.33 bits per heavy atom. The van der Waals surface area contributed by atoms with E-state index in [9.17, 15) is 0 Å². The van der Waals surface area contributed by atoms with Crippen LogP contribution in [0.2, 0.25) is 0 Å². The van der Waals surface area contributed by atoms with Crippen molar-refractivity contribution in [3.8, 4) is 5.75 Å². The molecule has 0 radical (unpaired) electrons. The predicted octanol–water partition coefficient (Wildman–Crippen LogP) is 3.28. The molecular formula is C9H13ClOS. The fourth-order valence-corrected chi connectivity index (χ4v) is 2.91. The van der Waals surface area contributed by atoms with Crippen LogP contribution in [0.25, 0.3) is 0 Å². The fourth-order valence-electron chi connectivity index (χ4n) is 1.18. The zero-order chi connectivity index (χ0) is 9.35. The highest BCUT2D eigenvalue weighted by atomic mass is 35.7. The van der Waals surface area contributed by atoms with E-state index in [2.05, 4.69) is 0 Å². The maximum Gasteiger partial charge on any atom is 0.115 e. The van der Waals surface area contributed by atoms with E-state index in [0.29, 0.717) is 5.75 Å². The van der Waals surface area contributed by atoms with Gasteiger partial charge in [-0.1, -0.05) is 10.7 Å². The number of hydrogen-bond acceptors (Lipinski definition) is 1. The summed E-state index contributed by atoms with van der Waals surface area (Å²) in [6.07, 6.45) is 4.04. The Balaban J connectivity index is 3.19. The number of phenolic OH excluding ortho intramolecular Hbond substituents is 1. The van der Waals surface area contributed by atoms with Crippen LogP contribution in [-0.2, 0) is 0 Å². The first-order valence-corrected chi connectivity index (χ1v) is 6.91. The van der Waals surface area contributed by atoms with Gasteiger partial charge < -0.3 is 5.11 Å². The zero-order valence-corrected chi connectivity index (χ0v) is 9.04. The van der Waals surface area contributed by atoms with Gasteiger partial charge in [0.2, 0.25) is 0 Å². The molecule has 0 bridgehead atoms. The number of aryl methyl sites for hydroxylation is 1. The number of halogens is 1. The predicted molar refractivity (Wildman–Crippen MR) is 56.4 cm³/mol. The Morgan fingerprint density at radius 2 is 1.92 bits per heavy atom. The topological polar surface area (TPSA) is 20.2 Å². The molecule has 0 amide bonds. The van der Waals surface area contributed by atoms with E-state index in [-0.39, 0.29) is 0 Å². The summed E-state index contributed by atoms with van der Waals surface area (Å²) in [6, 6.07) is 5.32. The number of hydrogen-bond donors (Lipinski definition) is 1. The lowest BCUT2D eigenvalue weighted by Crippen LogP contribution is -1.90. The van der Waals surface area contributed by atoms with Crippen molar-refractivity contribution < 1.29 is 5.11 Å². The third-order valence-corrected chi connectivity index (χ3v) is 3.68. The SMILES string of the molecule is Cc1cc(O)ccc1S(C)(C)Cl. The first-order valence-electron chi connectivity index (χ1n) is 3.64. The number of aromatic hydroxyl groups is 1. The molecule has 68 valence electrons. The van der Waals surface area contributed by atoms with Crippen LogP contribution in [0.5, 0.6) is 5.75 Å². The normalized spacial score (nSPS) is 13.0. The number of benzene rings is 1. The molecule has 3 heteroatoms. The first kappa shape index (κ1) is 9.75. The average molecular weight is 205 g/mol. The Hall–Kier alpha value is -0.340. The Labute approximate surface area is 79.2 Å². The fraction of sp³-hybridized carbons (Fsp3) is 0.333. The standard InChI is InChI=1S/C9H13ClOS/c1-7-6-8(11)4-5-9(7)12(2,3)10/h4-6,11H,1-3H3. The summed E-state index contributed by atoms with van der Waals surface area (Å²) >= 11 is 0. The lowest BCUT2D eigenvalue weighted by molar-refractivity contribution is 0.474. The van der Waals surface area contributed by atoms with Crippen LogP contribution in [0.4, 0.5) is 0 Å². The van der Waals surface area contributed by atoms with Crippen molar-refractivity contribution in [1.29, 1.82) is 0 Å². The molecule has 0 fully saturated rings. The highest BCUT2D eigenvalue weighted by Crippen LogP contribution is 2.55. The van der Waals surface area contributed by atoms with Gasteiger partial charge in [-0.25, -0.2) is 0 Å². The maximum atomic E-state index is 9.17. The van der Waals surface area contributed by atoms with Gasteiger partial charge in [-0.05, 0) is 43.2 Å². The summed E-state index contributed by atoms with van der Waals surface area (Å²) < 4.78 is 0. The summed E-state index contributed by atoms with van der Waals surface area (Å²) in [7, 11) is 5.03. The van der Waals surface area contributed by atoms with E-state index in [1.54, 1.807) is 12.1 Å². The monoisotopic (exact) mass is 204 g/mol. The largest absolute Gasteiger partial charge is 0.508 e. The van der Waals surface area contributed by atoms with E-state index in [0.717, 1.165) is 10.5 Å². The van der Waals surface area contributed by atoms with Crippen molar-refractivity contribution >= 4 is 19.9 Å². The average Bonchev–Trinajstić information content (AvgIpc) is 1.83. The molecular weight excluding hydrogens is 192 g/mol. The molecule has 0 unspecified atom stereocenters. The lowest BCUT2D eigenvalue weighted by atomic mass is 10.2. The molecule has 0 atom stereocenters. The number of rotatable bonds is 1. The molecule has 1 N–H and O–H groups in total. The van der Waals surface area contributed by atoms with E-state index in [4.69, 9.17) is 15.8 Å². The van der Waals surface area contributed by atoms with E-state index < -0.39 is 9.24 Å². The minimum absolute atomic E-state index is 0.302. The molecule has 1 aromatic carbocycles. The van der Waals surface area contributed by atoms with Gasteiger partial charge in [0.05, 0.1) is 0 Å². The van der Waals surface area contributed by atoms with Crippen LogP contribution in [-0.4, -0.2) is 17.6 Å². The summed E-state index contributed by atoms with van der Waals surface area (Å²) in [6.45, 7) is 1.96. The van der Waals surface area contributed by atoms with Gasteiger partial charge in [-0.15, -0.1) is 9.24 Å². The molecule has 0 saturated heterocycles. The number of phenols is 1. The maximum absolute atomic E-state index is 9.17. The minimum Gasteiger partial charge on any atom is -0.508 e. The molecule has 0 aliphatic rings. The smallest absolute Gasteiger partial charge is 0.115 e. The van der Waals surface area contributed by atoms with E-state index >= 15 is 0 Å². The molecule has 12 heavy (non-hydrogen) atoms. The molecule has 1 nitrogen and oxygen atoms in total. The van der Waals surface area contributed by atoms with E-state index in [1.165, 1.54) is 0 Å². The first-order chi connectivity index (χ1) is 5.41. The van der Waals surface area contributed by atoms with Gasteiger partial charge in [-0.3, -0.25) is 0 Å². The Kier molecular flexibility index (Phi) is 2.59.